The molecule has 0 radical (unpaired) electrons. The van der Waals surface area contributed by atoms with Crippen molar-refractivity contribution in [2.45, 2.75) is 50.2 Å². The average molecular weight is 368 g/mol. The summed E-state index contributed by atoms with van der Waals surface area (Å²) in [6.07, 6.45) is 8.01. The third-order valence-electron chi connectivity index (χ3n) is 5.18. The van der Waals surface area contributed by atoms with Crippen LogP contribution in [0.4, 0.5) is 0 Å². The van der Waals surface area contributed by atoms with Gasteiger partial charge < -0.3 is 10.8 Å². The molecule has 0 amide bonds. The van der Waals surface area contributed by atoms with Crippen molar-refractivity contribution >= 4 is 22.9 Å². The highest BCUT2D eigenvalue weighted by Gasteiger charge is 2.41. The first-order valence-corrected chi connectivity index (χ1v) is 9.41. The lowest BCUT2D eigenvalue weighted by atomic mass is 9.66. The van der Waals surface area contributed by atoms with Crippen molar-refractivity contribution in [3.8, 4) is 0 Å². The van der Waals surface area contributed by atoms with Crippen LogP contribution in [0.15, 0.2) is 59.9 Å². The molecule has 0 unspecified atom stereocenters. The molecule has 1 aromatic heterocycles. The molecule has 1 heterocycles. The molecule has 1 aliphatic rings. The minimum Gasteiger partial charge on any atom is -0.393 e. The fourth-order valence-corrected chi connectivity index (χ4v) is 4.14. The van der Waals surface area contributed by atoms with E-state index in [0.717, 1.165) is 42.5 Å². The van der Waals surface area contributed by atoms with Gasteiger partial charge in [0.1, 0.15) is 0 Å². The van der Waals surface area contributed by atoms with E-state index in [-0.39, 0.29) is 0 Å². The number of benzene rings is 1. The molecule has 2 atom stereocenters. The molecule has 0 spiro atoms. The lowest BCUT2D eigenvalue weighted by molar-refractivity contribution is 0.0662. The highest BCUT2D eigenvalue weighted by molar-refractivity contribution is 7.80. The number of aliphatic imine (C=N–C) groups is 1. The smallest absolute Gasteiger partial charge is 0.179 e. The van der Waals surface area contributed by atoms with Crippen LogP contribution in [0, 0.1) is 0 Å². The number of hydrogen-bond acceptors (Lipinski definition) is 4. The van der Waals surface area contributed by atoms with Gasteiger partial charge in [0.05, 0.1) is 4.99 Å². The van der Waals surface area contributed by atoms with Gasteiger partial charge in [-0.3, -0.25) is 9.98 Å². The van der Waals surface area contributed by atoms with Gasteiger partial charge in [0, 0.05) is 35.5 Å². The number of thiocarbonyl (C=S) groups is 1. The van der Waals surface area contributed by atoms with E-state index in [1.54, 1.807) is 13.1 Å². The fraction of sp³-hybridized carbons (Fsp3) is 0.381. The molecule has 3 N–H and O–H groups in total. The molecule has 1 saturated carbocycles. The maximum absolute atomic E-state index is 11.1. The van der Waals surface area contributed by atoms with Gasteiger partial charge in [-0.25, -0.2) is 0 Å². The molecule has 5 heteroatoms. The second-order valence-corrected chi connectivity index (χ2v) is 7.64. The first kappa shape index (κ1) is 18.7. The monoisotopic (exact) mass is 367 g/mol. The van der Waals surface area contributed by atoms with E-state index in [0.29, 0.717) is 11.4 Å². The van der Waals surface area contributed by atoms with E-state index in [2.05, 4.69) is 11.1 Å². The van der Waals surface area contributed by atoms with E-state index in [9.17, 15) is 5.11 Å². The number of pyridine rings is 1. The highest BCUT2D eigenvalue weighted by atomic mass is 32.1. The predicted molar refractivity (Wildman–Crippen MR) is 109 cm³/mol. The molecule has 4 nitrogen and oxygen atoms in total. The molecule has 3 rings (SSSR count). The molecular formula is C21H25N3OS. The molecule has 1 fully saturated rings. The number of nitrogens with two attached hydrogens (primary N) is 1. The van der Waals surface area contributed by atoms with Gasteiger partial charge in [-0.15, -0.1) is 0 Å². The zero-order chi connectivity index (χ0) is 18.6. The molecule has 0 aliphatic heterocycles. The third kappa shape index (κ3) is 3.84. The van der Waals surface area contributed by atoms with Crippen LogP contribution in [0.1, 0.15) is 50.2 Å². The number of rotatable bonds is 5. The van der Waals surface area contributed by atoms with Crippen molar-refractivity contribution in [2.75, 3.05) is 0 Å². The Labute approximate surface area is 160 Å². The van der Waals surface area contributed by atoms with E-state index >= 15 is 0 Å². The van der Waals surface area contributed by atoms with Crippen LogP contribution in [-0.2, 0) is 11.1 Å². The van der Waals surface area contributed by atoms with Gasteiger partial charge in [0.2, 0.25) is 0 Å². The second kappa shape index (κ2) is 7.64. The number of nitrogens with zero attached hydrogens (tertiary/aromatic N) is 2. The largest absolute Gasteiger partial charge is 0.393 e. The van der Waals surface area contributed by atoms with E-state index in [1.807, 2.05) is 42.6 Å². The van der Waals surface area contributed by atoms with E-state index < -0.39 is 11.1 Å². The maximum Gasteiger partial charge on any atom is 0.179 e. The van der Waals surface area contributed by atoms with E-state index in [1.165, 1.54) is 0 Å². The Morgan fingerprint density at radius 2 is 2.04 bits per heavy atom. The summed E-state index contributed by atoms with van der Waals surface area (Å²) in [5.41, 5.74) is 7.08. The summed E-state index contributed by atoms with van der Waals surface area (Å²) in [4.78, 5) is 9.61. The van der Waals surface area contributed by atoms with Gasteiger partial charge in [-0.2, -0.15) is 0 Å². The summed E-state index contributed by atoms with van der Waals surface area (Å²) < 4.78 is 0. The van der Waals surface area contributed by atoms with Crippen molar-refractivity contribution in [2.24, 2.45) is 10.7 Å². The normalized spacial score (nSPS) is 24.2. The number of hydrogen-bond donors (Lipinski definition) is 2. The van der Waals surface area contributed by atoms with Gasteiger partial charge in [0.25, 0.3) is 0 Å². The predicted octanol–water partition coefficient (Wildman–Crippen LogP) is 3.88. The Bertz CT molecular complexity index is 789. The van der Waals surface area contributed by atoms with Crippen LogP contribution in [0.5, 0.6) is 0 Å². The van der Waals surface area contributed by atoms with Crippen LogP contribution in [0.3, 0.4) is 0 Å². The molecule has 1 aromatic carbocycles. The fourth-order valence-electron chi connectivity index (χ4n) is 3.89. The first-order chi connectivity index (χ1) is 12.4. The van der Waals surface area contributed by atoms with Crippen LogP contribution >= 0.6 is 12.2 Å². The summed E-state index contributed by atoms with van der Waals surface area (Å²) in [5, 5.41) is 11.1. The van der Waals surface area contributed by atoms with Crippen molar-refractivity contribution in [1.82, 2.24) is 4.98 Å². The Morgan fingerprint density at radius 1 is 1.27 bits per heavy atom. The summed E-state index contributed by atoms with van der Waals surface area (Å²) in [6.45, 7) is 1.73. The molecule has 2 aromatic rings. The summed E-state index contributed by atoms with van der Waals surface area (Å²) in [5.74, 6) is 0. The minimum atomic E-state index is -1.29. The summed E-state index contributed by atoms with van der Waals surface area (Å²) in [6, 6.07) is 13.5. The lowest BCUT2D eigenvalue weighted by Gasteiger charge is -2.40. The van der Waals surface area contributed by atoms with Crippen LogP contribution < -0.4 is 5.73 Å². The van der Waals surface area contributed by atoms with Gasteiger partial charge >= 0.3 is 0 Å². The maximum atomic E-state index is 11.1. The number of aromatic nitrogens is 1. The Kier molecular flexibility index (Phi) is 5.49. The van der Waals surface area contributed by atoms with Crippen molar-refractivity contribution in [3.05, 3.63) is 66.0 Å². The van der Waals surface area contributed by atoms with Crippen molar-refractivity contribution in [3.63, 3.8) is 0 Å². The van der Waals surface area contributed by atoms with Crippen LogP contribution in [0.2, 0.25) is 0 Å². The van der Waals surface area contributed by atoms with Crippen molar-refractivity contribution in [1.29, 1.82) is 0 Å². The third-order valence-corrected chi connectivity index (χ3v) is 5.33. The zero-order valence-electron chi connectivity index (χ0n) is 15.1. The summed E-state index contributed by atoms with van der Waals surface area (Å²) >= 11 is 5.28. The molecule has 136 valence electrons. The standard InChI is InChI=1S/C21H25N3OS/c1-20(25,16-8-3-2-4-9-16)24-18-11-5-6-12-21(18,14-19(22)26)17-10-7-13-23-15-17/h2-4,7-10,13,15,25H,5-6,11-12,14H2,1H3,(H2,22,26)/t20-,21-/m0/s1. The van der Waals surface area contributed by atoms with Gasteiger partial charge in [0.15, 0.2) is 5.72 Å². The minimum absolute atomic E-state index is 0.392. The van der Waals surface area contributed by atoms with Crippen molar-refractivity contribution < 1.29 is 5.11 Å². The first-order valence-electron chi connectivity index (χ1n) is 9.00. The Hall–Kier alpha value is -2.11. The van der Waals surface area contributed by atoms with Gasteiger partial charge in [-0.1, -0.05) is 55.0 Å². The molecule has 0 bridgehead atoms. The lowest BCUT2D eigenvalue weighted by Crippen LogP contribution is -2.43. The topological polar surface area (TPSA) is 71.5 Å². The van der Waals surface area contributed by atoms with Crippen LogP contribution in [-0.4, -0.2) is 20.8 Å². The van der Waals surface area contributed by atoms with E-state index in [4.69, 9.17) is 22.9 Å². The molecule has 1 aliphatic carbocycles. The van der Waals surface area contributed by atoms with Crippen LogP contribution in [0.25, 0.3) is 0 Å². The Balaban J connectivity index is 2.11. The molecule has 0 saturated heterocycles. The second-order valence-electron chi connectivity index (χ2n) is 7.12. The van der Waals surface area contributed by atoms with Gasteiger partial charge in [-0.05, 0) is 37.8 Å². The quantitative estimate of drug-likeness (QED) is 0.787. The molecular weight excluding hydrogens is 342 g/mol. The average Bonchev–Trinajstić information content (AvgIpc) is 2.64. The number of aliphatic hydroxyl groups is 1. The summed E-state index contributed by atoms with van der Waals surface area (Å²) in [7, 11) is 0. The Morgan fingerprint density at radius 3 is 2.69 bits per heavy atom. The highest BCUT2D eigenvalue weighted by Crippen LogP contribution is 2.41. The molecule has 26 heavy (non-hydrogen) atoms. The zero-order valence-corrected chi connectivity index (χ0v) is 15.9. The SMILES string of the molecule is C[C@@](O)(N=C1CCCC[C@]1(CC(N)=S)c1cccnc1)c1ccccc1.